The fourth-order valence-electron chi connectivity index (χ4n) is 3.65. The summed E-state index contributed by atoms with van der Waals surface area (Å²) in [4.78, 5) is 16.4. The fourth-order valence-corrected chi connectivity index (χ4v) is 3.65. The highest BCUT2D eigenvalue weighted by molar-refractivity contribution is 5.74. The van der Waals surface area contributed by atoms with Crippen molar-refractivity contribution >= 4 is 6.03 Å². The minimum Gasteiger partial charge on any atom is -0.395 e. The minimum absolute atomic E-state index is 0.0152. The fraction of sp³-hybridized carbons (Fsp3) is 0.938. The summed E-state index contributed by atoms with van der Waals surface area (Å²) in [6.45, 7) is 6.53. The predicted molar refractivity (Wildman–Crippen MR) is 84.3 cm³/mol. The van der Waals surface area contributed by atoms with Crippen LogP contribution >= 0.6 is 0 Å². The van der Waals surface area contributed by atoms with E-state index >= 15 is 0 Å². The lowest BCUT2D eigenvalue weighted by Crippen LogP contribution is -2.47. The molecule has 5 nitrogen and oxygen atoms in total. The Morgan fingerprint density at radius 2 is 2.05 bits per heavy atom. The van der Waals surface area contributed by atoms with Gasteiger partial charge in [-0.3, -0.25) is 0 Å². The van der Waals surface area contributed by atoms with E-state index in [0.717, 1.165) is 31.8 Å². The van der Waals surface area contributed by atoms with Crippen LogP contribution in [0.25, 0.3) is 0 Å². The van der Waals surface area contributed by atoms with E-state index in [1.807, 2.05) is 0 Å². The van der Waals surface area contributed by atoms with Gasteiger partial charge in [0.15, 0.2) is 0 Å². The molecule has 0 aromatic heterocycles. The van der Waals surface area contributed by atoms with Gasteiger partial charge in [0.05, 0.1) is 6.61 Å². The first-order valence-corrected chi connectivity index (χ1v) is 8.61. The quantitative estimate of drug-likeness (QED) is 0.751. The topological polar surface area (TPSA) is 55.8 Å². The first kappa shape index (κ1) is 16.6. The Bertz CT molecular complexity index is 313. The largest absolute Gasteiger partial charge is 0.395 e. The van der Waals surface area contributed by atoms with Crippen molar-refractivity contribution in [3.8, 4) is 0 Å². The summed E-state index contributed by atoms with van der Waals surface area (Å²) >= 11 is 0. The zero-order chi connectivity index (χ0) is 15.1. The van der Waals surface area contributed by atoms with Crippen molar-refractivity contribution in [3.63, 3.8) is 0 Å². The lowest BCUT2D eigenvalue weighted by Gasteiger charge is -2.24. The highest BCUT2D eigenvalue weighted by atomic mass is 16.3. The molecule has 1 unspecified atom stereocenters. The van der Waals surface area contributed by atoms with Crippen LogP contribution in [-0.4, -0.2) is 66.3 Å². The van der Waals surface area contributed by atoms with E-state index in [1.165, 1.54) is 32.2 Å². The van der Waals surface area contributed by atoms with Crippen LogP contribution in [0.5, 0.6) is 0 Å². The Kier molecular flexibility index (Phi) is 6.77. The predicted octanol–water partition coefficient (Wildman–Crippen LogP) is 1.66. The van der Waals surface area contributed by atoms with Crippen molar-refractivity contribution in [3.05, 3.63) is 0 Å². The maximum atomic E-state index is 12.2. The van der Waals surface area contributed by atoms with Crippen LogP contribution in [0.2, 0.25) is 0 Å². The molecule has 0 aromatic carbocycles. The number of likely N-dealkylation sites (tertiary alicyclic amines) is 1. The van der Waals surface area contributed by atoms with Crippen LogP contribution in [0.1, 0.15) is 45.4 Å². The Morgan fingerprint density at radius 3 is 2.71 bits per heavy atom. The van der Waals surface area contributed by atoms with Gasteiger partial charge in [-0.1, -0.05) is 19.8 Å². The SMILES string of the molecule is CCCN(CCO)C(=O)NC1CCN(CC2CCCC2)C1. The number of amides is 2. The molecule has 2 N–H and O–H groups in total. The van der Waals surface area contributed by atoms with Gasteiger partial charge in [-0.2, -0.15) is 0 Å². The van der Waals surface area contributed by atoms with Gasteiger partial charge in [-0.25, -0.2) is 4.79 Å². The van der Waals surface area contributed by atoms with Crippen molar-refractivity contribution in [1.82, 2.24) is 15.1 Å². The van der Waals surface area contributed by atoms with E-state index < -0.39 is 0 Å². The maximum Gasteiger partial charge on any atom is 0.317 e. The zero-order valence-electron chi connectivity index (χ0n) is 13.4. The van der Waals surface area contributed by atoms with Crippen molar-refractivity contribution in [2.45, 2.75) is 51.5 Å². The molecular formula is C16H31N3O2. The molecule has 1 atom stereocenters. The summed E-state index contributed by atoms with van der Waals surface area (Å²) in [6, 6.07) is 0.260. The molecule has 0 bridgehead atoms. The Morgan fingerprint density at radius 1 is 1.29 bits per heavy atom. The molecule has 2 rings (SSSR count). The van der Waals surface area contributed by atoms with Gasteiger partial charge in [0, 0.05) is 38.8 Å². The summed E-state index contributed by atoms with van der Waals surface area (Å²) in [5.74, 6) is 0.880. The Hall–Kier alpha value is -0.810. The summed E-state index contributed by atoms with van der Waals surface area (Å²) < 4.78 is 0. The first-order valence-electron chi connectivity index (χ1n) is 8.61. The second-order valence-corrected chi connectivity index (χ2v) is 6.56. The molecule has 1 aliphatic heterocycles. The van der Waals surface area contributed by atoms with E-state index in [9.17, 15) is 4.79 Å². The molecule has 1 heterocycles. The molecule has 2 fully saturated rings. The van der Waals surface area contributed by atoms with Crippen molar-refractivity contribution < 1.29 is 9.90 Å². The number of aliphatic hydroxyl groups is 1. The average molecular weight is 297 g/mol. The number of urea groups is 1. The summed E-state index contributed by atoms with van der Waals surface area (Å²) in [5, 5.41) is 12.2. The number of hydrogen-bond donors (Lipinski definition) is 2. The van der Waals surface area contributed by atoms with E-state index in [2.05, 4.69) is 17.1 Å². The molecule has 1 saturated heterocycles. The smallest absolute Gasteiger partial charge is 0.317 e. The average Bonchev–Trinajstić information content (AvgIpc) is 3.11. The van der Waals surface area contributed by atoms with E-state index in [0.29, 0.717) is 13.1 Å². The number of nitrogens with zero attached hydrogens (tertiary/aromatic N) is 2. The summed E-state index contributed by atoms with van der Waals surface area (Å²) in [5.41, 5.74) is 0. The number of nitrogens with one attached hydrogen (secondary N) is 1. The van der Waals surface area contributed by atoms with Crippen LogP contribution in [0.3, 0.4) is 0 Å². The number of carbonyl (C=O) groups excluding carboxylic acids is 1. The van der Waals surface area contributed by atoms with Gasteiger partial charge in [0.2, 0.25) is 0 Å². The lowest BCUT2D eigenvalue weighted by atomic mass is 10.1. The highest BCUT2D eigenvalue weighted by Gasteiger charge is 2.27. The van der Waals surface area contributed by atoms with E-state index in [4.69, 9.17) is 5.11 Å². The normalized spacial score (nSPS) is 23.6. The molecule has 2 amide bonds. The van der Waals surface area contributed by atoms with Crippen molar-refractivity contribution in [1.29, 1.82) is 0 Å². The Labute approximate surface area is 128 Å². The zero-order valence-corrected chi connectivity index (χ0v) is 13.4. The standard InChI is InChI=1S/C16H31N3O2/c1-2-8-19(10-11-20)16(21)17-15-7-9-18(13-15)12-14-5-3-4-6-14/h14-15,20H,2-13H2,1H3,(H,17,21). The van der Waals surface area contributed by atoms with Gasteiger partial charge in [-0.15, -0.1) is 0 Å². The van der Waals surface area contributed by atoms with Crippen LogP contribution in [-0.2, 0) is 0 Å². The van der Waals surface area contributed by atoms with Crippen LogP contribution < -0.4 is 5.32 Å². The monoisotopic (exact) mass is 297 g/mol. The molecule has 0 radical (unpaired) electrons. The minimum atomic E-state index is -0.0152. The van der Waals surface area contributed by atoms with Crippen LogP contribution in [0.15, 0.2) is 0 Å². The second-order valence-electron chi connectivity index (χ2n) is 6.56. The molecule has 1 saturated carbocycles. The third kappa shape index (κ3) is 5.15. The lowest BCUT2D eigenvalue weighted by molar-refractivity contribution is 0.173. The molecule has 2 aliphatic rings. The summed E-state index contributed by atoms with van der Waals surface area (Å²) in [6.07, 6.45) is 7.53. The van der Waals surface area contributed by atoms with Gasteiger partial charge in [0.1, 0.15) is 0 Å². The van der Waals surface area contributed by atoms with Crippen molar-refractivity contribution in [2.75, 3.05) is 39.3 Å². The van der Waals surface area contributed by atoms with Gasteiger partial charge in [0.25, 0.3) is 0 Å². The molecule has 5 heteroatoms. The van der Waals surface area contributed by atoms with Crippen molar-refractivity contribution in [2.24, 2.45) is 5.92 Å². The molecule has 0 spiro atoms. The van der Waals surface area contributed by atoms with Gasteiger partial charge in [-0.05, 0) is 31.6 Å². The number of carbonyl (C=O) groups is 1. The maximum absolute atomic E-state index is 12.2. The molecule has 1 aliphatic carbocycles. The van der Waals surface area contributed by atoms with E-state index in [1.54, 1.807) is 4.90 Å². The summed E-state index contributed by atoms with van der Waals surface area (Å²) in [7, 11) is 0. The molecule has 21 heavy (non-hydrogen) atoms. The number of rotatable bonds is 7. The van der Waals surface area contributed by atoms with Gasteiger partial charge < -0.3 is 20.2 Å². The number of hydrogen-bond acceptors (Lipinski definition) is 3. The third-order valence-electron chi connectivity index (χ3n) is 4.74. The Balaban J connectivity index is 1.71. The second kappa shape index (κ2) is 8.59. The van der Waals surface area contributed by atoms with E-state index in [-0.39, 0.29) is 18.7 Å². The highest BCUT2D eigenvalue weighted by Crippen LogP contribution is 2.26. The molecular weight excluding hydrogens is 266 g/mol. The number of aliphatic hydroxyl groups excluding tert-OH is 1. The molecule has 122 valence electrons. The third-order valence-corrected chi connectivity index (χ3v) is 4.74. The van der Waals surface area contributed by atoms with Crippen LogP contribution in [0, 0.1) is 5.92 Å². The first-order chi connectivity index (χ1) is 10.2. The van der Waals surface area contributed by atoms with Crippen LogP contribution in [0.4, 0.5) is 4.79 Å². The molecule has 0 aromatic rings. The van der Waals surface area contributed by atoms with Gasteiger partial charge >= 0.3 is 6.03 Å².